The summed E-state index contributed by atoms with van der Waals surface area (Å²) in [6.45, 7) is 4.42. The molecule has 1 saturated carbocycles. The minimum atomic E-state index is -1.14. The van der Waals surface area contributed by atoms with Crippen LogP contribution in [-0.4, -0.2) is 6.04 Å². The fraction of sp³-hybridized carbons (Fsp3) is 0.600. The molecule has 0 unspecified atom stereocenters. The van der Waals surface area contributed by atoms with Gasteiger partial charge in [0.15, 0.2) is 11.6 Å². The molecule has 4 heteroatoms. The van der Waals surface area contributed by atoms with E-state index in [-0.39, 0.29) is 11.7 Å². The predicted octanol–water partition coefficient (Wildman–Crippen LogP) is 4.73. The van der Waals surface area contributed by atoms with Crippen molar-refractivity contribution in [1.29, 1.82) is 0 Å². The zero-order valence-electron chi connectivity index (χ0n) is 11.3. The highest BCUT2D eigenvalue weighted by atomic mass is 19.2. The molecule has 1 aliphatic rings. The smallest absolute Gasteiger partial charge is 0.182 e. The molecular formula is C15H20F3N. The fourth-order valence-electron chi connectivity index (χ4n) is 2.81. The number of rotatable bonds is 3. The molecular weight excluding hydrogens is 251 g/mol. The Morgan fingerprint density at radius 1 is 1.05 bits per heavy atom. The molecule has 1 aromatic carbocycles. The van der Waals surface area contributed by atoms with Gasteiger partial charge >= 0.3 is 0 Å². The monoisotopic (exact) mass is 271 g/mol. The molecule has 0 radical (unpaired) electrons. The van der Waals surface area contributed by atoms with Gasteiger partial charge in [0.2, 0.25) is 0 Å². The lowest BCUT2D eigenvalue weighted by Crippen LogP contribution is -2.28. The third-order valence-electron chi connectivity index (χ3n) is 4.07. The van der Waals surface area contributed by atoms with E-state index in [9.17, 15) is 13.2 Å². The van der Waals surface area contributed by atoms with Gasteiger partial charge in [-0.05, 0) is 37.5 Å². The number of hydrogen-bond acceptors (Lipinski definition) is 1. The standard InChI is InChI=1S/C15H20F3N/c1-9(2)10-3-5-12(6-4-10)19-14-8-11(16)7-13(17)15(14)18/h7-10,12,19H,3-6H2,1-2H3. The summed E-state index contributed by atoms with van der Waals surface area (Å²) >= 11 is 0. The average Bonchev–Trinajstić information content (AvgIpc) is 2.36. The predicted molar refractivity (Wildman–Crippen MR) is 70.5 cm³/mol. The molecule has 1 aromatic rings. The van der Waals surface area contributed by atoms with E-state index >= 15 is 0 Å². The molecule has 2 rings (SSSR count). The molecule has 0 aliphatic heterocycles. The van der Waals surface area contributed by atoms with Gasteiger partial charge in [0.25, 0.3) is 0 Å². The average molecular weight is 271 g/mol. The van der Waals surface area contributed by atoms with Crippen molar-refractivity contribution < 1.29 is 13.2 Å². The van der Waals surface area contributed by atoms with Gasteiger partial charge in [-0.1, -0.05) is 13.8 Å². The van der Waals surface area contributed by atoms with Crippen LogP contribution in [0.3, 0.4) is 0 Å². The molecule has 1 fully saturated rings. The molecule has 1 aliphatic carbocycles. The lowest BCUT2D eigenvalue weighted by molar-refractivity contribution is 0.266. The molecule has 0 atom stereocenters. The molecule has 106 valence electrons. The van der Waals surface area contributed by atoms with E-state index in [4.69, 9.17) is 0 Å². The minimum Gasteiger partial charge on any atom is -0.380 e. The molecule has 0 spiro atoms. The maximum atomic E-state index is 13.5. The first-order chi connectivity index (χ1) is 8.97. The van der Waals surface area contributed by atoms with Crippen LogP contribution in [0.15, 0.2) is 12.1 Å². The molecule has 0 aromatic heterocycles. The Kier molecular flexibility index (Phi) is 4.38. The van der Waals surface area contributed by atoms with Gasteiger partial charge in [0.05, 0.1) is 5.69 Å². The second-order valence-corrected chi connectivity index (χ2v) is 5.75. The molecule has 1 N–H and O–H groups in total. The van der Waals surface area contributed by atoms with Crippen molar-refractivity contribution in [1.82, 2.24) is 0 Å². The van der Waals surface area contributed by atoms with Crippen molar-refractivity contribution >= 4 is 5.69 Å². The van der Waals surface area contributed by atoms with E-state index in [1.807, 2.05) is 0 Å². The maximum absolute atomic E-state index is 13.5. The van der Waals surface area contributed by atoms with Crippen molar-refractivity contribution in [2.45, 2.75) is 45.6 Å². The Bertz CT molecular complexity index is 437. The summed E-state index contributed by atoms with van der Waals surface area (Å²) in [5.41, 5.74) is -0.0644. The second-order valence-electron chi connectivity index (χ2n) is 5.75. The summed E-state index contributed by atoms with van der Waals surface area (Å²) in [5.74, 6) is -1.53. The summed E-state index contributed by atoms with van der Waals surface area (Å²) in [6.07, 6.45) is 3.99. The Hall–Kier alpha value is -1.19. The number of hydrogen-bond donors (Lipinski definition) is 1. The van der Waals surface area contributed by atoms with Crippen LogP contribution in [0, 0.1) is 29.3 Å². The number of nitrogens with one attached hydrogen (secondary N) is 1. The third kappa shape index (κ3) is 3.43. The Balaban J connectivity index is 2.00. The number of halogens is 3. The van der Waals surface area contributed by atoms with Crippen molar-refractivity contribution in [2.24, 2.45) is 11.8 Å². The Morgan fingerprint density at radius 2 is 1.68 bits per heavy atom. The second kappa shape index (κ2) is 5.85. The highest BCUT2D eigenvalue weighted by Crippen LogP contribution is 2.32. The largest absolute Gasteiger partial charge is 0.380 e. The van der Waals surface area contributed by atoms with Gasteiger partial charge in [-0.25, -0.2) is 13.2 Å². The first-order valence-electron chi connectivity index (χ1n) is 6.88. The van der Waals surface area contributed by atoms with E-state index in [1.54, 1.807) is 0 Å². The van der Waals surface area contributed by atoms with E-state index in [0.717, 1.165) is 31.7 Å². The van der Waals surface area contributed by atoms with Gasteiger partial charge in [0.1, 0.15) is 5.82 Å². The van der Waals surface area contributed by atoms with E-state index in [1.165, 1.54) is 0 Å². The lowest BCUT2D eigenvalue weighted by Gasteiger charge is -2.31. The molecule has 0 heterocycles. The molecule has 1 nitrogen and oxygen atoms in total. The van der Waals surface area contributed by atoms with Gasteiger partial charge in [0, 0.05) is 18.2 Å². The zero-order valence-corrected chi connectivity index (χ0v) is 11.3. The Labute approximate surface area is 112 Å². The van der Waals surface area contributed by atoms with Crippen molar-refractivity contribution in [3.63, 3.8) is 0 Å². The highest BCUT2D eigenvalue weighted by Gasteiger charge is 2.24. The van der Waals surface area contributed by atoms with Crippen LogP contribution < -0.4 is 5.32 Å². The number of anilines is 1. The summed E-state index contributed by atoms with van der Waals surface area (Å²) in [7, 11) is 0. The van der Waals surface area contributed by atoms with Crippen LogP contribution in [0.25, 0.3) is 0 Å². The summed E-state index contributed by atoms with van der Waals surface area (Å²) in [6, 6.07) is 1.69. The van der Waals surface area contributed by atoms with Gasteiger partial charge in [-0.3, -0.25) is 0 Å². The van der Waals surface area contributed by atoms with Gasteiger partial charge < -0.3 is 5.32 Å². The third-order valence-corrected chi connectivity index (χ3v) is 4.07. The number of benzene rings is 1. The summed E-state index contributed by atoms with van der Waals surface area (Å²) in [4.78, 5) is 0. The first kappa shape index (κ1) is 14.2. The van der Waals surface area contributed by atoms with Crippen LogP contribution in [0.2, 0.25) is 0 Å². The molecule has 0 saturated heterocycles. The SMILES string of the molecule is CC(C)C1CCC(Nc2cc(F)cc(F)c2F)CC1. The zero-order chi connectivity index (χ0) is 14.0. The highest BCUT2D eigenvalue weighted by molar-refractivity contribution is 5.46. The molecule has 0 amide bonds. The summed E-state index contributed by atoms with van der Waals surface area (Å²) < 4.78 is 39.7. The van der Waals surface area contributed by atoms with Crippen LogP contribution in [0.1, 0.15) is 39.5 Å². The maximum Gasteiger partial charge on any atom is 0.182 e. The van der Waals surface area contributed by atoms with Crippen LogP contribution in [0.5, 0.6) is 0 Å². The Morgan fingerprint density at radius 3 is 2.26 bits per heavy atom. The van der Waals surface area contributed by atoms with E-state index < -0.39 is 17.5 Å². The van der Waals surface area contributed by atoms with Crippen LogP contribution in [0.4, 0.5) is 18.9 Å². The molecule has 0 bridgehead atoms. The summed E-state index contributed by atoms with van der Waals surface area (Å²) in [5, 5.41) is 2.94. The normalized spacial score (nSPS) is 23.7. The van der Waals surface area contributed by atoms with Crippen LogP contribution >= 0.6 is 0 Å². The lowest BCUT2D eigenvalue weighted by atomic mass is 9.79. The van der Waals surface area contributed by atoms with Gasteiger partial charge in [-0.2, -0.15) is 0 Å². The van der Waals surface area contributed by atoms with Gasteiger partial charge in [-0.15, -0.1) is 0 Å². The minimum absolute atomic E-state index is 0.0644. The van der Waals surface area contributed by atoms with Crippen molar-refractivity contribution in [3.05, 3.63) is 29.6 Å². The topological polar surface area (TPSA) is 12.0 Å². The first-order valence-corrected chi connectivity index (χ1v) is 6.88. The van der Waals surface area contributed by atoms with Crippen molar-refractivity contribution in [3.8, 4) is 0 Å². The fourth-order valence-corrected chi connectivity index (χ4v) is 2.81. The quantitative estimate of drug-likeness (QED) is 0.784. The van der Waals surface area contributed by atoms with Crippen molar-refractivity contribution in [2.75, 3.05) is 5.32 Å². The molecule has 19 heavy (non-hydrogen) atoms. The van der Waals surface area contributed by atoms with E-state index in [2.05, 4.69) is 19.2 Å². The van der Waals surface area contributed by atoms with E-state index in [0.29, 0.717) is 17.9 Å². The van der Waals surface area contributed by atoms with Crippen LogP contribution in [-0.2, 0) is 0 Å².